The van der Waals surface area contributed by atoms with Crippen LogP contribution in [0.3, 0.4) is 0 Å². The summed E-state index contributed by atoms with van der Waals surface area (Å²) in [6.07, 6.45) is 9.09. The summed E-state index contributed by atoms with van der Waals surface area (Å²) in [4.78, 5) is 50.3. The summed E-state index contributed by atoms with van der Waals surface area (Å²) in [5.74, 6) is -1.41. The van der Waals surface area contributed by atoms with Crippen molar-refractivity contribution in [3.8, 4) is 0 Å². The highest BCUT2D eigenvalue weighted by molar-refractivity contribution is 6.30. The van der Waals surface area contributed by atoms with Crippen molar-refractivity contribution < 1.29 is 23.5 Å². The molecule has 2 aromatic rings. The van der Waals surface area contributed by atoms with E-state index in [0.29, 0.717) is 56.0 Å². The number of Topliss-reactive ketones (excluding diaryl/α,β-unsaturated/α-hetero) is 2. The van der Waals surface area contributed by atoms with Gasteiger partial charge in [0.25, 0.3) is 0 Å². The highest BCUT2D eigenvalue weighted by atomic mass is 35.5. The van der Waals surface area contributed by atoms with Crippen molar-refractivity contribution in [2.45, 2.75) is 102 Å². The average Bonchev–Trinajstić information content (AvgIpc) is 3.70. The van der Waals surface area contributed by atoms with E-state index in [9.17, 15) is 14.4 Å². The maximum absolute atomic E-state index is 16.1. The van der Waals surface area contributed by atoms with Gasteiger partial charge in [-0.25, -0.2) is 14.4 Å². The van der Waals surface area contributed by atoms with Crippen LogP contribution in [0.25, 0.3) is 0 Å². The predicted octanol–water partition coefficient (Wildman–Crippen LogP) is 7.63. The maximum Gasteiger partial charge on any atom is 0.237 e. The van der Waals surface area contributed by atoms with Crippen molar-refractivity contribution in [2.75, 3.05) is 11.9 Å². The molecule has 1 N–H and O–H groups in total. The third-order valence-corrected chi connectivity index (χ3v) is 12.3. The largest absolute Gasteiger partial charge is 0.370 e. The number of halogens is 3. The molecule has 1 saturated heterocycles. The van der Waals surface area contributed by atoms with Crippen LogP contribution in [0.2, 0.25) is 10.3 Å². The fraction of sp³-hybridized carbons (Fsp3) is 0.629. The fourth-order valence-corrected chi connectivity index (χ4v) is 9.48. The fourth-order valence-electron chi connectivity index (χ4n) is 9.16. The Kier molecular flexibility index (Phi) is 7.89. The summed E-state index contributed by atoms with van der Waals surface area (Å²) in [6.45, 7) is 4.81. The van der Waals surface area contributed by atoms with Crippen molar-refractivity contribution in [2.24, 2.45) is 28.6 Å². The van der Waals surface area contributed by atoms with Crippen molar-refractivity contribution >= 4 is 46.5 Å². The third-order valence-electron chi connectivity index (χ3n) is 11.8. The number of nitrogens with one attached hydrogen (secondary N) is 1. The zero-order valence-corrected chi connectivity index (χ0v) is 27.4. The zero-order chi connectivity index (χ0) is 31.7. The molecule has 45 heavy (non-hydrogen) atoms. The lowest BCUT2D eigenvalue weighted by molar-refractivity contribution is -0.137. The number of rotatable bonds is 7. The van der Waals surface area contributed by atoms with Gasteiger partial charge in [-0.1, -0.05) is 43.1 Å². The first kappa shape index (κ1) is 31.2. The van der Waals surface area contributed by atoms with Crippen molar-refractivity contribution in [1.82, 2.24) is 9.97 Å². The predicted molar refractivity (Wildman–Crippen MR) is 169 cm³/mol. The van der Waals surface area contributed by atoms with Gasteiger partial charge in [-0.05, 0) is 98.1 Å². The monoisotopic (exact) mass is 655 g/mol. The van der Waals surface area contributed by atoms with E-state index in [1.165, 1.54) is 6.20 Å². The van der Waals surface area contributed by atoms with Crippen LogP contribution in [0.1, 0.15) is 102 Å². The second-order valence-electron chi connectivity index (χ2n) is 15.1. The van der Waals surface area contributed by atoms with Gasteiger partial charge in [0, 0.05) is 36.4 Å². The van der Waals surface area contributed by atoms with E-state index < -0.39 is 28.5 Å². The molecule has 7 nitrogen and oxygen atoms in total. The number of amides is 1. The molecule has 0 radical (unpaired) electrons. The molecule has 0 bridgehead atoms. The van der Waals surface area contributed by atoms with Crippen molar-refractivity contribution in [1.29, 1.82) is 0 Å². The van der Waals surface area contributed by atoms with E-state index >= 15 is 4.39 Å². The van der Waals surface area contributed by atoms with Crippen LogP contribution >= 0.6 is 23.2 Å². The van der Waals surface area contributed by atoms with Gasteiger partial charge < -0.3 is 10.1 Å². The Balaban J connectivity index is 1.27. The van der Waals surface area contributed by atoms with Crippen LogP contribution in [0, 0.1) is 34.4 Å². The molecule has 1 amide bonds. The topological polar surface area (TPSA) is 98.3 Å². The van der Waals surface area contributed by atoms with Crippen LogP contribution in [-0.2, 0) is 24.5 Å². The zero-order valence-electron chi connectivity index (χ0n) is 25.8. The summed E-state index contributed by atoms with van der Waals surface area (Å²) in [5, 5.41) is 2.97. The molecule has 7 rings (SSSR count). The molecule has 5 aliphatic rings. The number of anilines is 1. The van der Waals surface area contributed by atoms with E-state index in [1.54, 1.807) is 12.1 Å². The van der Waals surface area contributed by atoms with Crippen LogP contribution in [0.15, 0.2) is 24.4 Å². The number of nitrogens with zero attached hydrogens (tertiary/aromatic N) is 2. The van der Waals surface area contributed by atoms with Crippen LogP contribution < -0.4 is 5.32 Å². The molecule has 3 aliphatic carbocycles. The number of fused-ring (bicyclic) bond motifs is 3. The Morgan fingerprint density at radius 2 is 1.71 bits per heavy atom. The Morgan fingerprint density at radius 1 is 1.00 bits per heavy atom. The second-order valence-corrected chi connectivity index (χ2v) is 15.8. The van der Waals surface area contributed by atoms with Gasteiger partial charge in [0.2, 0.25) is 5.91 Å². The molecule has 10 heteroatoms. The van der Waals surface area contributed by atoms with Gasteiger partial charge in [0.1, 0.15) is 22.9 Å². The van der Waals surface area contributed by atoms with Crippen molar-refractivity contribution in [3.63, 3.8) is 0 Å². The Bertz CT molecular complexity index is 1540. The molecule has 2 aromatic heterocycles. The van der Waals surface area contributed by atoms with Gasteiger partial charge >= 0.3 is 0 Å². The minimum absolute atomic E-state index is 0.00653. The van der Waals surface area contributed by atoms with E-state index in [-0.39, 0.29) is 57.2 Å². The molecule has 2 aliphatic heterocycles. The second kappa shape index (κ2) is 11.4. The smallest absolute Gasteiger partial charge is 0.237 e. The van der Waals surface area contributed by atoms with Gasteiger partial charge in [0.15, 0.2) is 16.8 Å². The average molecular weight is 657 g/mol. The SMILES string of the molecule is CC1(C)CCC2(CC1)C[C@@H](C(=O)C[C@@H]1CC[C@@H](C(=O)CC3CC3)OC1)[C@H](c1ccnc(Cl)c1F)[C@]21C(=O)Nc2nc(Cl)ccc21. The molecular weight excluding hydrogens is 616 g/mol. The Hall–Kier alpha value is -2.42. The molecule has 4 heterocycles. The van der Waals surface area contributed by atoms with Crippen molar-refractivity contribution in [3.05, 3.63) is 51.6 Å². The molecule has 240 valence electrons. The summed E-state index contributed by atoms with van der Waals surface area (Å²) in [5.41, 5.74) is -0.866. The van der Waals surface area contributed by atoms with Crippen LogP contribution in [0.5, 0.6) is 0 Å². The lowest BCUT2D eigenvalue weighted by Gasteiger charge is -2.50. The minimum atomic E-state index is -1.24. The molecular formula is C35H40Cl2FN3O4. The number of hydrogen-bond donors (Lipinski definition) is 1. The number of ether oxygens (including phenoxy) is 1. The normalized spacial score (nSPS) is 31.6. The van der Waals surface area contributed by atoms with Gasteiger partial charge in [-0.15, -0.1) is 0 Å². The van der Waals surface area contributed by atoms with E-state index in [1.807, 2.05) is 6.07 Å². The first-order valence-electron chi connectivity index (χ1n) is 16.4. The number of ketones is 2. The number of carbonyl (C=O) groups is 3. The quantitative estimate of drug-likeness (QED) is 0.308. The number of hydrogen-bond acceptors (Lipinski definition) is 6. The van der Waals surface area contributed by atoms with Gasteiger partial charge in [-0.2, -0.15) is 0 Å². The van der Waals surface area contributed by atoms with Crippen LogP contribution in [-0.4, -0.2) is 40.2 Å². The standard InChI is InChI=1S/C35H40Cl2FN3O4/c1-33(2)10-12-34(13-11-33)17-22(24(42)16-20-5-7-26(45-18-20)25(43)15-19-3-4-19)28(21-9-14-39-30(37)29(21)38)35(34)23-6-8-27(36)40-31(23)41-32(35)44/h6,8-9,14,19-20,22,26,28H,3-5,7,10-13,15-18H2,1-2H3,(H,40,41,44)/t20-,22-,26-,28-,35+/m0/s1. The molecule has 0 aromatic carbocycles. The number of carbonyl (C=O) groups excluding carboxylic acids is 3. The lowest BCUT2D eigenvalue weighted by Crippen LogP contribution is -2.52. The van der Waals surface area contributed by atoms with E-state index in [4.69, 9.17) is 27.9 Å². The summed E-state index contributed by atoms with van der Waals surface area (Å²) in [7, 11) is 0. The summed E-state index contributed by atoms with van der Waals surface area (Å²) in [6, 6.07) is 5.08. The maximum atomic E-state index is 16.1. The highest BCUT2D eigenvalue weighted by Crippen LogP contribution is 2.72. The van der Waals surface area contributed by atoms with Gasteiger partial charge in [-0.3, -0.25) is 14.4 Å². The van der Waals surface area contributed by atoms with E-state index in [0.717, 1.165) is 32.1 Å². The molecule has 0 unspecified atom stereocenters. The van der Waals surface area contributed by atoms with Crippen LogP contribution in [0.4, 0.5) is 10.2 Å². The summed E-state index contributed by atoms with van der Waals surface area (Å²) >= 11 is 12.6. The first-order chi connectivity index (χ1) is 21.4. The molecule has 5 atom stereocenters. The Morgan fingerprint density at radius 3 is 2.40 bits per heavy atom. The van der Waals surface area contributed by atoms with Gasteiger partial charge in [0.05, 0.1) is 12.0 Å². The molecule has 3 saturated carbocycles. The van der Waals surface area contributed by atoms with E-state index in [2.05, 4.69) is 29.1 Å². The number of pyridine rings is 2. The lowest BCUT2D eigenvalue weighted by atomic mass is 9.51. The number of aromatic nitrogens is 2. The Labute approximate surface area is 273 Å². The minimum Gasteiger partial charge on any atom is -0.370 e. The molecule has 4 fully saturated rings. The summed E-state index contributed by atoms with van der Waals surface area (Å²) < 4.78 is 22.1. The highest BCUT2D eigenvalue weighted by Gasteiger charge is 2.72. The first-order valence-corrected chi connectivity index (χ1v) is 17.2. The molecule has 2 spiro atoms. The third kappa shape index (κ3) is 5.23.